The van der Waals surface area contributed by atoms with Crippen LogP contribution in [0, 0.1) is 0 Å². The van der Waals surface area contributed by atoms with Crippen molar-refractivity contribution >= 4 is 16.9 Å². The first-order chi connectivity index (χ1) is 10.2. The summed E-state index contributed by atoms with van der Waals surface area (Å²) in [5.74, 6) is -0.0697. The average Bonchev–Trinajstić information content (AvgIpc) is 3.15. The van der Waals surface area contributed by atoms with Gasteiger partial charge in [0.1, 0.15) is 11.0 Å². The van der Waals surface area contributed by atoms with Crippen molar-refractivity contribution in [3.63, 3.8) is 0 Å². The Bertz CT molecular complexity index is 619. The summed E-state index contributed by atoms with van der Waals surface area (Å²) in [4.78, 5) is 12.2. The lowest BCUT2D eigenvalue weighted by atomic mass is 10.1. The van der Waals surface area contributed by atoms with Gasteiger partial charge in [0.25, 0.3) is 5.91 Å². The third-order valence-electron chi connectivity index (χ3n) is 3.90. The highest BCUT2D eigenvalue weighted by Crippen LogP contribution is 2.18. The van der Waals surface area contributed by atoms with Gasteiger partial charge in [-0.05, 0) is 50.8 Å². The van der Waals surface area contributed by atoms with Gasteiger partial charge >= 0.3 is 0 Å². The van der Waals surface area contributed by atoms with Gasteiger partial charge < -0.3 is 10.1 Å². The van der Waals surface area contributed by atoms with E-state index >= 15 is 0 Å². The summed E-state index contributed by atoms with van der Waals surface area (Å²) in [6.07, 6.45) is 4.61. The van der Waals surface area contributed by atoms with Crippen LogP contribution in [0.25, 0.3) is 11.0 Å². The lowest BCUT2D eigenvalue weighted by Crippen LogP contribution is -2.33. The number of amides is 1. The molecule has 0 unspecified atom stereocenters. The van der Waals surface area contributed by atoms with Crippen molar-refractivity contribution in [1.82, 2.24) is 20.7 Å². The van der Waals surface area contributed by atoms with Gasteiger partial charge in [-0.1, -0.05) is 0 Å². The number of H-pyrrole nitrogens is 1. The molecule has 21 heavy (non-hydrogen) atoms. The van der Waals surface area contributed by atoms with Crippen LogP contribution < -0.4 is 5.32 Å². The first kappa shape index (κ1) is 14.0. The Morgan fingerprint density at radius 1 is 1.48 bits per heavy atom. The summed E-state index contributed by atoms with van der Waals surface area (Å²) in [6.45, 7) is 2.91. The molecular weight excluding hydrogens is 268 g/mol. The number of carbonyl (C=O) groups is 1. The number of fused-ring (bicyclic) bond motifs is 1. The maximum absolute atomic E-state index is 12.2. The van der Waals surface area contributed by atoms with E-state index in [2.05, 4.69) is 20.7 Å². The molecule has 1 aromatic heterocycles. The maximum Gasteiger partial charge on any atom is 0.251 e. The van der Waals surface area contributed by atoms with E-state index in [0.717, 1.165) is 37.8 Å². The molecule has 3 rings (SSSR count). The molecule has 1 amide bonds. The highest BCUT2D eigenvalue weighted by molar-refractivity contribution is 5.97. The van der Waals surface area contributed by atoms with Gasteiger partial charge in [0.15, 0.2) is 0 Å². The van der Waals surface area contributed by atoms with Gasteiger partial charge in [-0.25, -0.2) is 0 Å². The average molecular weight is 288 g/mol. The lowest BCUT2D eigenvalue weighted by Gasteiger charge is -2.16. The van der Waals surface area contributed by atoms with Crippen LogP contribution >= 0.6 is 0 Å². The molecule has 112 valence electrons. The lowest BCUT2D eigenvalue weighted by molar-refractivity contribution is 0.0899. The van der Waals surface area contributed by atoms with Crippen molar-refractivity contribution in [1.29, 1.82) is 0 Å². The molecule has 2 aromatic rings. The number of aromatic nitrogens is 3. The number of ether oxygens (including phenoxy) is 1. The first-order valence-electron chi connectivity index (χ1n) is 7.45. The zero-order valence-electron chi connectivity index (χ0n) is 12.1. The Hall–Kier alpha value is -1.95. The predicted molar refractivity (Wildman–Crippen MR) is 79.0 cm³/mol. The smallest absolute Gasteiger partial charge is 0.251 e. The van der Waals surface area contributed by atoms with Crippen LogP contribution in [-0.4, -0.2) is 40.1 Å². The molecule has 0 aliphatic carbocycles. The molecule has 6 nitrogen and oxygen atoms in total. The van der Waals surface area contributed by atoms with Crippen molar-refractivity contribution in [3.05, 3.63) is 23.8 Å². The minimum Gasteiger partial charge on any atom is -0.378 e. The second kappa shape index (κ2) is 6.22. The van der Waals surface area contributed by atoms with Crippen molar-refractivity contribution in [2.45, 2.75) is 44.8 Å². The Kier molecular flexibility index (Phi) is 4.15. The van der Waals surface area contributed by atoms with Gasteiger partial charge in [0.2, 0.25) is 0 Å². The molecule has 1 fully saturated rings. The third-order valence-corrected chi connectivity index (χ3v) is 3.90. The van der Waals surface area contributed by atoms with E-state index in [4.69, 9.17) is 4.74 Å². The van der Waals surface area contributed by atoms with Crippen LogP contribution in [-0.2, 0) is 4.74 Å². The van der Waals surface area contributed by atoms with Crippen molar-refractivity contribution in [2.24, 2.45) is 0 Å². The molecule has 2 atom stereocenters. The Morgan fingerprint density at radius 2 is 2.33 bits per heavy atom. The molecule has 0 bridgehead atoms. The van der Waals surface area contributed by atoms with Crippen LogP contribution in [0.3, 0.4) is 0 Å². The second-order valence-electron chi connectivity index (χ2n) is 5.61. The van der Waals surface area contributed by atoms with Gasteiger partial charge in [-0.3, -0.25) is 4.79 Å². The summed E-state index contributed by atoms with van der Waals surface area (Å²) >= 11 is 0. The largest absolute Gasteiger partial charge is 0.378 e. The molecule has 1 aliphatic rings. The Labute approximate surface area is 123 Å². The van der Waals surface area contributed by atoms with E-state index in [9.17, 15) is 4.79 Å². The topological polar surface area (TPSA) is 79.9 Å². The van der Waals surface area contributed by atoms with Crippen molar-refractivity contribution in [2.75, 3.05) is 6.61 Å². The van der Waals surface area contributed by atoms with Gasteiger partial charge in [-0.2, -0.15) is 15.4 Å². The standard InChI is InChI=1S/C15H20N4O2/c1-10(4-6-12-3-2-8-21-12)16-15(20)11-5-7-13-14(9-11)18-19-17-13/h5,7,9-10,12H,2-4,6,8H2,1H3,(H,16,20)(H,17,18,19)/t10-,12-/m1/s1. The van der Waals surface area contributed by atoms with Crippen LogP contribution in [0.5, 0.6) is 0 Å². The molecule has 0 spiro atoms. The van der Waals surface area contributed by atoms with E-state index in [1.54, 1.807) is 18.2 Å². The highest BCUT2D eigenvalue weighted by atomic mass is 16.5. The fraction of sp³-hybridized carbons (Fsp3) is 0.533. The zero-order valence-corrected chi connectivity index (χ0v) is 12.1. The van der Waals surface area contributed by atoms with Gasteiger partial charge in [-0.15, -0.1) is 0 Å². The Balaban J connectivity index is 1.54. The van der Waals surface area contributed by atoms with Crippen molar-refractivity contribution < 1.29 is 9.53 Å². The molecule has 2 N–H and O–H groups in total. The number of hydrogen-bond acceptors (Lipinski definition) is 4. The fourth-order valence-electron chi connectivity index (χ4n) is 2.67. The Morgan fingerprint density at radius 3 is 3.14 bits per heavy atom. The van der Waals surface area contributed by atoms with Gasteiger partial charge in [0.05, 0.1) is 6.10 Å². The molecule has 1 aromatic carbocycles. The van der Waals surface area contributed by atoms with E-state index in [-0.39, 0.29) is 11.9 Å². The SMILES string of the molecule is C[C@H](CC[C@H]1CCCO1)NC(=O)c1ccc2n[nH]nc2c1. The number of nitrogens with zero attached hydrogens (tertiary/aromatic N) is 2. The number of aromatic amines is 1. The first-order valence-corrected chi connectivity index (χ1v) is 7.45. The number of rotatable bonds is 5. The number of nitrogens with one attached hydrogen (secondary N) is 2. The van der Waals surface area contributed by atoms with Crippen LogP contribution in [0.1, 0.15) is 43.0 Å². The quantitative estimate of drug-likeness (QED) is 0.882. The summed E-state index contributed by atoms with van der Waals surface area (Å²) < 4.78 is 5.60. The molecule has 1 aliphatic heterocycles. The molecular formula is C15H20N4O2. The summed E-state index contributed by atoms with van der Waals surface area (Å²) in [7, 11) is 0. The minimum absolute atomic E-state index is 0.0697. The summed E-state index contributed by atoms with van der Waals surface area (Å²) in [5.41, 5.74) is 2.08. The van der Waals surface area contributed by atoms with E-state index in [0.29, 0.717) is 17.2 Å². The number of hydrogen-bond donors (Lipinski definition) is 2. The van der Waals surface area contributed by atoms with E-state index in [1.165, 1.54) is 0 Å². The molecule has 2 heterocycles. The van der Waals surface area contributed by atoms with Gasteiger partial charge in [0, 0.05) is 18.2 Å². The summed E-state index contributed by atoms with van der Waals surface area (Å²) in [5, 5.41) is 13.5. The minimum atomic E-state index is -0.0697. The number of carbonyl (C=O) groups excluding carboxylic acids is 1. The molecule has 6 heteroatoms. The second-order valence-corrected chi connectivity index (χ2v) is 5.61. The summed E-state index contributed by atoms with van der Waals surface area (Å²) in [6, 6.07) is 5.45. The third kappa shape index (κ3) is 3.39. The van der Waals surface area contributed by atoms with E-state index in [1.807, 2.05) is 6.92 Å². The molecule has 1 saturated heterocycles. The van der Waals surface area contributed by atoms with Crippen LogP contribution in [0.4, 0.5) is 0 Å². The molecule has 0 radical (unpaired) electrons. The predicted octanol–water partition coefficient (Wildman–Crippen LogP) is 2.04. The van der Waals surface area contributed by atoms with Crippen LogP contribution in [0.15, 0.2) is 18.2 Å². The van der Waals surface area contributed by atoms with Crippen molar-refractivity contribution in [3.8, 4) is 0 Å². The highest BCUT2D eigenvalue weighted by Gasteiger charge is 2.17. The van der Waals surface area contributed by atoms with Crippen LogP contribution in [0.2, 0.25) is 0 Å². The number of benzene rings is 1. The molecule has 0 saturated carbocycles. The fourth-order valence-corrected chi connectivity index (χ4v) is 2.67. The maximum atomic E-state index is 12.2. The zero-order chi connectivity index (χ0) is 14.7. The van der Waals surface area contributed by atoms with E-state index < -0.39 is 0 Å². The monoisotopic (exact) mass is 288 g/mol. The normalized spacial score (nSPS) is 19.8.